The molecule has 0 spiro atoms. The van der Waals surface area contributed by atoms with Crippen molar-refractivity contribution < 1.29 is 14.8 Å². The molecular weight excluding hydrogens is 170 g/mol. The molecule has 2 rings (SSSR count). The zero-order valence-corrected chi connectivity index (χ0v) is 7.10. The molecule has 4 nitrogen and oxygen atoms in total. The summed E-state index contributed by atoms with van der Waals surface area (Å²) in [6.45, 7) is 1.65. The van der Waals surface area contributed by atoms with Gasteiger partial charge in [-0.15, -0.1) is 0 Å². The van der Waals surface area contributed by atoms with Crippen LogP contribution in [0.4, 0.5) is 0 Å². The fourth-order valence-electron chi connectivity index (χ4n) is 1.74. The Hall–Kier alpha value is -1.42. The van der Waals surface area contributed by atoms with Crippen LogP contribution in [0.2, 0.25) is 0 Å². The van der Waals surface area contributed by atoms with Gasteiger partial charge in [0, 0.05) is 0 Å². The number of carbonyl (C=O) groups is 2. The van der Waals surface area contributed by atoms with E-state index >= 15 is 0 Å². The molecular formula is C9H9NO3. The van der Waals surface area contributed by atoms with Crippen LogP contribution in [-0.2, 0) is 9.59 Å². The van der Waals surface area contributed by atoms with E-state index in [4.69, 9.17) is 5.21 Å². The summed E-state index contributed by atoms with van der Waals surface area (Å²) in [5.74, 6) is -1.65. The summed E-state index contributed by atoms with van der Waals surface area (Å²) in [5, 5.41) is 9.34. The predicted molar refractivity (Wildman–Crippen MR) is 43.5 cm³/mol. The fourth-order valence-corrected chi connectivity index (χ4v) is 1.74. The second-order valence-corrected chi connectivity index (χ2v) is 3.46. The number of hydrogen-bond donors (Lipinski definition) is 1. The van der Waals surface area contributed by atoms with Crippen molar-refractivity contribution in [1.29, 1.82) is 0 Å². The van der Waals surface area contributed by atoms with Gasteiger partial charge in [0.2, 0.25) is 0 Å². The quantitative estimate of drug-likeness (QED) is 0.435. The molecule has 1 saturated heterocycles. The second-order valence-electron chi connectivity index (χ2n) is 3.46. The van der Waals surface area contributed by atoms with Gasteiger partial charge in [0.05, 0.1) is 11.3 Å². The molecule has 2 amide bonds. The molecule has 1 aliphatic heterocycles. The molecule has 0 aromatic heterocycles. The van der Waals surface area contributed by atoms with Gasteiger partial charge in [0.1, 0.15) is 0 Å². The molecule has 68 valence electrons. The van der Waals surface area contributed by atoms with Crippen LogP contribution in [0.1, 0.15) is 6.92 Å². The van der Waals surface area contributed by atoms with Crippen LogP contribution in [0.3, 0.4) is 0 Å². The van der Waals surface area contributed by atoms with E-state index in [0.717, 1.165) is 0 Å². The maximum atomic E-state index is 11.4. The van der Waals surface area contributed by atoms with Gasteiger partial charge < -0.3 is 0 Å². The number of carbonyl (C=O) groups excluding carboxylic acids is 2. The zero-order valence-electron chi connectivity index (χ0n) is 7.10. The number of rotatable bonds is 0. The Morgan fingerprint density at radius 1 is 1.46 bits per heavy atom. The van der Waals surface area contributed by atoms with Gasteiger partial charge in [-0.3, -0.25) is 14.8 Å². The first-order chi connectivity index (χ1) is 6.07. The summed E-state index contributed by atoms with van der Waals surface area (Å²) in [6.07, 6.45) is 6.70. The summed E-state index contributed by atoms with van der Waals surface area (Å²) in [7, 11) is 0. The van der Waals surface area contributed by atoms with Crippen LogP contribution in [0.25, 0.3) is 0 Å². The Balaban J connectivity index is 2.52. The SMILES string of the molecule is CC12C=CC=CC1C(=O)N(O)C2=O. The van der Waals surface area contributed by atoms with Crippen LogP contribution in [0.15, 0.2) is 24.3 Å². The molecule has 1 N–H and O–H groups in total. The van der Waals surface area contributed by atoms with E-state index in [-0.39, 0.29) is 5.06 Å². The lowest BCUT2D eigenvalue weighted by atomic mass is 9.76. The van der Waals surface area contributed by atoms with Crippen LogP contribution in [0, 0.1) is 11.3 Å². The van der Waals surface area contributed by atoms with E-state index in [9.17, 15) is 9.59 Å². The van der Waals surface area contributed by atoms with Gasteiger partial charge in [-0.2, -0.15) is 5.06 Å². The van der Waals surface area contributed by atoms with Crippen molar-refractivity contribution in [3.63, 3.8) is 0 Å². The maximum absolute atomic E-state index is 11.4. The highest BCUT2D eigenvalue weighted by Gasteiger charge is 2.54. The van der Waals surface area contributed by atoms with Gasteiger partial charge in [-0.1, -0.05) is 24.3 Å². The molecule has 2 aliphatic rings. The minimum Gasteiger partial charge on any atom is -0.278 e. The van der Waals surface area contributed by atoms with Crippen molar-refractivity contribution in [1.82, 2.24) is 5.06 Å². The monoisotopic (exact) mass is 179 g/mol. The summed E-state index contributed by atoms with van der Waals surface area (Å²) >= 11 is 0. The van der Waals surface area contributed by atoms with E-state index in [0.29, 0.717) is 0 Å². The zero-order chi connectivity index (χ0) is 9.64. The largest absolute Gasteiger partial charge is 0.278 e. The molecule has 0 saturated carbocycles. The lowest BCUT2D eigenvalue weighted by Gasteiger charge is -2.22. The Morgan fingerprint density at radius 2 is 2.15 bits per heavy atom. The lowest BCUT2D eigenvalue weighted by molar-refractivity contribution is -0.173. The van der Waals surface area contributed by atoms with Crippen molar-refractivity contribution in [2.24, 2.45) is 11.3 Å². The standard InChI is InChI=1S/C9H9NO3/c1-9-5-3-2-4-6(9)7(11)10(13)8(9)12/h2-6,13H,1H3. The first kappa shape index (κ1) is 8.19. The number of imide groups is 1. The van der Waals surface area contributed by atoms with E-state index in [1.54, 1.807) is 31.2 Å². The third-order valence-electron chi connectivity index (χ3n) is 2.63. The Morgan fingerprint density at radius 3 is 2.77 bits per heavy atom. The molecule has 1 fully saturated rings. The van der Waals surface area contributed by atoms with E-state index in [2.05, 4.69) is 0 Å². The number of hydroxylamine groups is 2. The molecule has 2 atom stereocenters. The molecule has 13 heavy (non-hydrogen) atoms. The number of nitrogens with zero attached hydrogens (tertiary/aromatic N) is 1. The van der Waals surface area contributed by atoms with Gasteiger partial charge in [0.25, 0.3) is 11.8 Å². The summed E-state index contributed by atoms with van der Waals surface area (Å²) in [6, 6.07) is 0. The Kier molecular flexibility index (Phi) is 1.44. The highest BCUT2D eigenvalue weighted by atomic mass is 16.5. The smallest absolute Gasteiger partial charge is 0.264 e. The van der Waals surface area contributed by atoms with Crippen LogP contribution in [-0.4, -0.2) is 22.1 Å². The number of allylic oxidation sites excluding steroid dienone is 2. The van der Waals surface area contributed by atoms with Crippen LogP contribution in [0.5, 0.6) is 0 Å². The van der Waals surface area contributed by atoms with Gasteiger partial charge >= 0.3 is 0 Å². The van der Waals surface area contributed by atoms with Crippen molar-refractivity contribution in [3.8, 4) is 0 Å². The highest BCUT2D eigenvalue weighted by Crippen LogP contribution is 2.41. The third kappa shape index (κ3) is 0.833. The van der Waals surface area contributed by atoms with E-state index in [1.807, 2.05) is 0 Å². The molecule has 4 heteroatoms. The van der Waals surface area contributed by atoms with Crippen LogP contribution >= 0.6 is 0 Å². The van der Waals surface area contributed by atoms with E-state index < -0.39 is 23.1 Å². The first-order valence-corrected chi connectivity index (χ1v) is 4.00. The molecule has 0 bridgehead atoms. The van der Waals surface area contributed by atoms with Crippen LogP contribution < -0.4 is 0 Å². The molecule has 1 aliphatic carbocycles. The summed E-state index contributed by atoms with van der Waals surface area (Å²) in [4.78, 5) is 22.8. The summed E-state index contributed by atoms with van der Waals surface area (Å²) in [5.41, 5.74) is -0.888. The van der Waals surface area contributed by atoms with Crippen molar-refractivity contribution in [2.45, 2.75) is 6.92 Å². The normalized spacial score (nSPS) is 37.1. The minimum atomic E-state index is -0.888. The van der Waals surface area contributed by atoms with Crippen molar-refractivity contribution in [3.05, 3.63) is 24.3 Å². The number of amides is 2. The molecule has 2 unspecified atom stereocenters. The predicted octanol–water partition coefficient (Wildman–Crippen LogP) is 0.493. The van der Waals surface area contributed by atoms with Crippen molar-refractivity contribution >= 4 is 11.8 Å². The van der Waals surface area contributed by atoms with Gasteiger partial charge in [-0.25, -0.2) is 0 Å². The van der Waals surface area contributed by atoms with Gasteiger partial charge in [-0.05, 0) is 6.92 Å². The minimum absolute atomic E-state index is 0.213. The molecule has 0 aromatic rings. The lowest BCUT2D eigenvalue weighted by Crippen LogP contribution is -2.31. The maximum Gasteiger partial charge on any atom is 0.264 e. The third-order valence-corrected chi connectivity index (χ3v) is 2.63. The average Bonchev–Trinajstić information content (AvgIpc) is 2.29. The number of hydrogen-bond acceptors (Lipinski definition) is 3. The molecule has 0 radical (unpaired) electrons. The topological polar surface area (TPSA) is 57.6 Å². The van der Waals surface area contributed by atoms with Gasteiger partial charge in [0.15, 0.2) is 0 Å². The average molecular weight is 179 g/mol. The molecule has 1 heterocycles. The van der Waals surface area contributed by atoms with Crippen molar-refractivity contribution in [2.75, 3.05) is 0 Å². The molecule has 0 aromatic carbocycles. The Bertz CT molecular complexity index is 345. The Labute approximate surface area is 75.1 Å². The second kappa shape index (κ2) is 2.29. The highest BCUT2D eigenvalue weighted by molar-refractivity contribution is 6.08. The first-order valence-electron chi connectivity index (χ1n) is 4.00. The number of fused-ring (bicyclic) bond motifs is 1. The van der Waals surface area contributed by atoms with E-state index in [1.165, 1.54) is 0 Å². The summed E-state index contributed by atoms with van der Waals surface area (Å²) < 4.78 is 0. The fraction of sp³-hybridized carbons (Fsp3) is 0.333.